The summed E-state index contributed by atoms with van der Waals surface area (Å²) in [6, 6.07) is 15.4. The number of benzene rings is 3. The van der Waals surface area contributed by atoms with Gasteiger partial charge in [0.25, 0.3) is 0 Å². The molecule has 0 bridgehead atoms. The summed E-state index contributed by atoms with van der Waals surface area (Å²) < 4.78 is 0. The van der Waals surface area contributed by atoms with Crippen LogP contribution in [-0.2, 0) is 57.6 Å². The predicted molar refractivity (Wildman–Crippen MR) is 303 cm³/mol. The lowest BCUT2D eigenvalue weighted by molar-refractivity contribution is -0.142. The summed E-state index contributed by atoms with van der Waals surface area (Å²) in [6.07, 6.45) is 6.98. The van der Waals surface area contributed by atoms with Crippen LogP contribution < -0.4 is 60.6 Å². The first-order valence-electron chi connectivity index (χ1n) is 27.2. The molecule has 0 aliphatic carbocycles. The van der Waals surface area contributed by atoms with Gasteiger partial charge >= 0.3 is 5.97 Å². The topological polar surface area (TPSA) is 406 Å². The Hall–Kier alpha value is -8.35. The van der Waals surface area contributed by atoms with Gasteiger partial charge in [0, 0.05) is 66.6 Å². The van der Waals surface area contributed by atoms with Crippen LogP contribution in [0.25, 0.3) is 21.8 Å². The number of carboxylic acids is 1. The highest BCUT2D eigenvalue weighted by Gasteiger charge is 2.40. The molecule has 80 heavy (non-hydrogen) atoms. The fourth-order valence-electron chi connectivity index (χ4n) is 9.83. The van der Waals surface area contributed by atoms with Gasteiger partial charge < -0.3 is 80.5 Å². The van der Waals surface area contributed by atoms with Crippen LogP contribution in [-0.4, -0.2) is 148 Å². The zero-order valence-electron chi connectivity index (χ0n) is 44.9. The summed E-state index contributed by atoms with van der Waals surface area (Å²) in [6.45, 7) is 0.384. The van der Waals surface area contributed by atoms with Crippen molar-refractivity contribution in [1.29, 1.82) is 0 Å². The minimum Gasteiger partial charge on any atom is -0.480 e. The van der Waals surface area contributed by atoms with E-state index in [1.807, 2.05) is 48.5 Å². The van der Waals surface area contributed by atoms with Gasteiger partial charge in [0.15, 0.2) is 5.96 Å². The van der Waals surface area contributed by atoms with Crippen molar-refractivity contribution in [3.63, 3.8) is 0 Å². The molecule has 2 aromatic heterocycles. The van der Waals surface area contributed by atoms with E-state index in [0.717, 1.165) is 21.8 Å². The van der Waals surface area contributed by atoms with Crippen molar-refractivity contribution in [3.8, 4) is 0 Å². The minimum atomic E-state index is -1.33. The number of carbonyl (C=O) groups is 8. The molecule has 6 rings (SSSR count). The number of carboxylic acid groups (broad SMARTS) is 1. The van der Waals surface area contributed by atoms with Crippen molar-refractivity contribution in [2.75, 3.05) is 32.7 Å². The van der Waals surface area contributed by atoms with Crippen LogP contribution in [0, 0.1) is 0 Å². The van der Waals surface area contributed by atoms with Gasteiger partial charge in [0.05, 0.1) is 6.04 Å². The van der Waals surface area contributed by atoms with E-state index in [1.165, 1.54) is 4.90 Å². The number of H-pyrrole nitrogens is 2. The molecule has 0 unspecified atom stereocenters. The number of unbranched alkanes of at least 4 members (excludes halogenated alkanes) is 2. The highest BCUT2D eigenvalue weighted by atomic mass is 16.4. The molecule has 0 spiro atoms. The maximum Gasteiger partial charge on any atom is 0.322 e. The monoisotopic (exact) mass is 1100 g/mol. The molecule has 430 valence electrons. The highest BCUT2D eigenvalue weighted by molar-refractivity contribution is 5.98. The van der Waals surface area contributed by atoms with Gasteiger partial charge in [-0.2, -0.15) is 0 Å². The third kappa shape index (κ3) is 17.8. The molecule has 24 heteroatoms. The average molecular weight is 1100 g/mol. The number of guanidine groups is 1. The number of aliphatic imine (C=N–C) groups is 1. The highest BCUT2D eigenvalue weighted by Crippen LogP contribution is 2.24. The Morgan fingerprint density at radius 1 is 0.600 bits per heavy atom. The number of amides is 7. The molecule has 3 heterocycles. The first-order chi connectivity index (χ1) is 38.6. The van der Waals surface area contributed by atoms with Gasteiger partial charge in [-0.3, -0.25) is 43.3 Å². The van der Waals surface area contributed by atoms with E-state index in [1.54, 1.807) is 42.7 Å². The molecule has 24 nitrogen and oxygen atoms in total. The lowest BCUT2D eigenvalue weighted by Gasteiger charge is -2.31. The van der Waals surface area contributed by atoms with Crippen LogP contribution >= 0.6 is 0 Å². The van der Waals surface area contributed by atoms with Gasteiger partial charge in [-0.25, -0.2) is 0 Å². The van der Waals surface area contributed by atoms with Gasteiger partial charge in [-0.05, 0) is 106 Å². The molecule has 7 atom stereocenters. The Morgan fingerprint density at radius 3 is 1.69 bits per heavy atom. The van der Waals surface area contributed by atoms with Crippen molar-refractivity contribution < 1.29 is 43.5 Å². The summed E-state index contributed by atoms with van der Waals surface area (Å²) in [5, 5.41) is 27.5. The molecule has 0 radical (unpaired) electrons. The first-order valence-corrected chi connectivity index (χ1v) is 27.2. The first kappa shape index (κ1) is 60.9. The summed E-state index contributed by atoms with van der Waals surface area (Å²) >= 11 is 0. The summed E-state index contributed by atoms with van der Waals surface area (Å²) in [5.41, 5.74) is 32.2. The number of carbonyl (C=O) groups excluding carboxylic acids is 7. The number of hydrogen-bond acceptors (Lipinski definition) is 12. The smallest absolute Gasteiger partial charge is 0.322 e. The van der Waals surface area contributed by atoms with E-state index >= 15 is 0 Å². The molecule has 5 aromatic rings. The Labute approximate surface area is 463 Å². The molecular formula is C56H77N15O9. The zero-order chi connectivity index (χ0) is 57.6. The lowest BCUT2D eigenvalue weighted by Crippen LogP contribution is -2.60. The fourth-order valence-corrected chi connectivity index (χ4v) is 9.83. The van der Waals surface area contributed by atoms with Crippen LogP contribution in [0.3, 0.4) is 0 Å². The Balaban J connectivity index is 1.25. The number of hydrogen-bond donors (Lipinski definition) is 14. The number of fused-ring (bicyclic) bond motifs is 2. The SMILES string of the molecule is NCCCC[C@H](NC(=O)[C@@H](N)CCCN=C(N)N)C(=O)N[C@@H](CCCCN)C(=O)N1CCC[C@H]1C(=O)N[C@@H](Cc1c[nH]c2ccccc12)C(=O)N[C@@H](Cc1ccccc1)C(=O)N[C@@H](Cc1c[nH]c2ccccc12)C(=O)NCC(=O)O. The molecule has 3 aromatic carbocycles. The van der Waals surface area contributed by atoms with Gasteiger partial charge in [0.1, 0.15) is 42.8 Å². The normalized spacial score (nSPS) is 15.4. The minimum absolute atomic E-state index is 0.0368. The van der Waals surface area contributed by atoms with Crippen molar-refractivity contribution >= 4 is 75.1 Å². The van der Waals surface area contributed by atoms with Crippen LogP contribution in [0.4, 0.5) is 0 Å². The van der Waals surface area contributed by atoms with E-state index in [0.29, 0.717) is 68.3 Å². The number of rotatable bonds is 32. The van der Waals surface area contributed by atoms with E-state index < -0.39 is 96.2 Å². The van der Waals surface area contributed by atoms with E-state index in [2.05, 4.69) is 46.9 Å². The number of likely N-dealkylation sites (tertiary alicyclic amines) is 1. The second-order valence-electron chi connectivity index (χ2n) is 20.0. The standard InChI is InChI=1S/C56H77N15O9/c57-24-10-8-21-42(66-49(74)39(59)18-12-26-62-56(60)61)51(76)67-43(22-9-11-25-58)55(80)71-27-13-23-47(71)54(79)70-46(30-36-32-64-41-20-7-5-17-38(36)41)53(78)68-44(28-34-14-2-1-3-15-34)52(77)69-45(50(75)65-33-48(72)73)29-35-31-63-40-19-6-4-16-37(35)40/h1-7,14-17,19-20,31-32,39,42-47,63-64H,8-13,18,21-30,33,57-59H2,(H,65,75)(H,66,74)(H,67,76)(H,68,78)(H,69,77)(H,70,79)(H,72,73)(H4,60,61,62)/t39-,42-,43-,44-,45-,46-,47-/m0/s1. The van der Waals surface area contributed by atoms with Gasteiger partial charge in [0.2, 0.25) is 41.4 Å². The summed E-state index contributed by atoms with van der Waals surface area (Å²) in [5.74, 6) is -6.03. The maximum atomic E-state index is 15.0. The van der Waals surface area contributed by atoms with Crippen LogP contribution in [0.5, 0.6) is 0 Å². The zero-order valence-corrected chi connectivity index (χ0v) is 44.9. The van der Waals surface area contributed by atoms with Gasteiger partial charge in [-0.1, -0.05) is 66.7 Å². The lowest BCUT2D eigenvalue weighted by atomic mass is 10.00. The van der Waals surface area contributed by atoms with E-state index in [-0.39, 0.29) is 64.0 Å². The molecular weight excluding hydrogens is 1030 g/mol. The Bertz CT molecular complexity index is 2920. The molecule has 1 fully saturated rings. The molecule has 0 saturated carbocycles. The van der Waals surface area contributed by atoms with Crippen LogP contribution in [0.1, 0.15) is 80.9 Å². The van der Waals surface area contributed by atoms with Crippen molar-refractivity contribution in [1.82, 2.24) is 46.8 Å². The molecule has 1 aliphatic rings. The molecule has 7 amide bonds. The number of aliphatic carboxylic acids is 1. The van der Waals surface area contributed by atoms with Crippen molar-refractivity contribution in [3.05, 3.63) is 108 Å². The quantitative estimate of drug-likeness (QED) is 0.0152. The van der Waals surface area contributed by atoms with Gasteiger partial charge in [-0.15, -0.1) is 0 Å². The molecule has 19 N–H and O–H groups in total. The Kier molecular flexibility index (Phi) is 23.4. The largest absolute Gasteiger partial charge is 0.480 e. The second kappa shape index (κ2) is 30.7. The summed E-state index contributed by atoms with van der Waals surface area (Å²) in [4.78, 5) is 123. The van der Waals surface area contributed by atoms with Crippen molar-refractivity contribution in [2.24, 2.45) is 33.7 Å². The van der Waals surface area contributed by atoms with Crippen LogP contribution in [0.15, 0.2) is 96.2 Å². The Morgan fingerprint density at radius 2 is 1.11 bits per heavy atom. The van der Waals surface area contributed by atoms with E-state index in [4.69, 9.17) is 28.7 Å². The predicted octanol–water partition coefficient (Wildman–Crippen LogP) is -0.0682. The number of nitrogens with two attached hydrogens (primary N) is 5. The number of para-hydroxylation sites is 2. The average Bonchev–Trinajstić information content (AvgIpc) is 4.22. The fraction of sp³-hybridized carbons (Fsp3) is 0.446. The molecule has 1 saturated heterocycles. The number of nitrogens with zero attached hydrogens (tertiary/aromatic N) is 2. The second-order valence-corrected chi connectivity index (χ2v) is 20.0. The number of nitrogens with one attached hydrogen (secondary N) is 8. The third-order valence-electron chi connectivity index (χ3n) is 14.1. The third-order valence-corrected chi connectivity index (χ3v) is 14.1. The summed E-state index contributed by atoms with van der Waals surface area (Å²) in [7, 11) is 0. The van der Waals surface area contributed by atoms with E-state index in [9.17, 15) is 43.5 Å². The number of aromatic amines is 2. The molecule has 1 aliphatic heterocycles. The van der Waals surface area contributed by atoms with Crippen molar-refractivity contribution in [2.45, 2.75) is 126 Å². The maximum absolute atomic E-state index is 15.0. The number of aromatic nitrogens is 2. The van der Waals surface area contributed by atoms with Crippen LogP contribution in [0.2, 0.25) is 0 Å².